The summed E-state index contributed by atoms with van der Waals surface area (Å²) in [5, 5.41) is 0. The SMILES string of the molecule is NCc1cc(-c2cccnc2)cc2c1OCC2. The van der Waals surface area contributed by atoms with Gasteiger partial charge in [0.25, 0.3) is 0 Å². The molecule has 1 aromatic carbocycles. The lowest BCUT2D eigenvalue weighted by Gasteiger charge is -2.09. The molecule has 0 bridgehead atoms. The van der Waals surface area contributed by atoms with E-state index in [1.165, 1.54) is 11.1 Å². The molecule has 0 aliphatic carbocycles. The van der Waals surface area contributed by atoms with Crippen molar-refractivity contribution in [3.8, 4) is 16.9 Å². The molecular formula is C14H14N2O. The van der Waals surface area contributed by atoms with Crippen LogP contribution in [0.25, 0.3) is 11.1 Å². The number of ether oxygens (including phenoxy) is 1. The van der Waals surface area contributed by atoms with Crippen LogP contribution in [0.1, 0.15) is 11.1 Å². The molecule has 1 aromatic heterocycles. The van der Waals surface area contributed by atoms with Gasteiger partial charge in [-0.3, -0.25) is 4.98 Å². The van der Waals surface area contributed by atoms with Crippen LogP contribution in [0.2, 0.25) is 0 Å². The van der Waals surface area contributed by atoms with E-state index in [-0.39, 0.29) is 0 Å². The Bertz CT molecular complexity index is 537. The first-order valence-electron chi connectivity index (χ1n) is 5.77. The minimum atomic E-state index is 0.510. The standard InChI is InChI=1S/C14H14N2O/c15-8-13-7-12(11-2-1-4-16-9-11)6-10-3-5-17-14(10)13/h1-2,4,6-7,9H,3,5,8,15H2. The quantitative estimate of drug-likeness (QED) is 0.853. The Morgan fingerprint density at radius 1 is 1.29 bits per heavy atom. The predicted octanol–water partition coefficient (Wildman–Crippen LogP) is 2.14. The van der Waals surface area contributed by atoms with E-state index in [4.69, 9.17) is 10.5 Å². The third-order valence-electron chi connectivity index (χ3n) is 3.08. The van der Waals surface area contributed by atoms with Crippen LogP contribution >= 0.6 is 0 Å². The fraction of sp³-hybridized carbons (Fsp3) is 0.214. The second-order valence-corrected chi connectivity index (χ2v) is 4.17. The number of rotatable bonds is 2. The van der Waals surface area contributed by atoms with Crippen LogP contribution in [-0.4, -0.2) is 11.6 Å². The molecule has 0 saturated carbocycles. The minimum absolute atomic E-state index is 0.510. The first kappa shape index (κ1) is 10.3. The van der Waals surface area contributed by atoms with Crippen LogP contribution in [0.15, 0.2) is 36.7 Å². The molecule has 1 aliphatic heterocycles. The third-order valence-corrected chi connectivity index (χ3v) is 3.08. The average molecular weight is 226 g/mol. The van der Waals surface area contributed by atoms with Gasteiger partial charge in [-0.25, -0.2) is 0 Å². The van der Waals surface area contributed by atoms with Crippen molar-refractivity contribution in [2.24, 2.45) is 5.73 Å². The normalized spacial score (nSPS) is 13.2. The molecule has 0 amide bonds. The Balaban J connectivity index is 2.13. The van der Waals surface area contributed by atoms with Gasteiger partial charge in [0.15, 0.2) is 0 Å². The van der Waals surface area contributed by atoms with Crippen molar-refractivity contribution >= 4 is 0 Å². The van der Waals surface area contributed by atoms with E-state index in [0.29, 0.717) is 6.54 Å². The van der Waals surface area contributed by atoms with E-state index >= 15 is 0 Å². The zero-order valence-corrected chi connectivity index (χ0v) is 9.52. The fourth-order valence-corrected chi connectivity index (χ4v) is 2.24. The summed E-state index contributed by atoms with van der Waals surface area (Å²) >= 11 is 0. The van der Waals surface area contributed by atoms with Gasteiger partial charge in [-0.05, 0) is 29.3 Å². The van der Waals surface area contributed by atoms with Crippen LogP contribution in [0, 0.1) is 0 Å². The molecule has 2 heterocycles. The largest absolute Gasteiger partial charge is 0.493 e. The van der Waals surface area contributed by atoms with Gasteiger partial charge in [-0.1, -0.05) is 6.07 Å². The van der Waals surface area contributed by atoms with E-state index in [9.17, 15) is 0 Å². The maximum absolute atomic E-state index is 5.77. The maximum Gasteiger partial charge on any atom is 0.127 e. The van der Waals surface area contributed by atoms with Crippen LogP contribution in [0.4, 0.5) is 0 Å². The lowest BCUT2D eigenvalue weighted by molar-refractivity contribution is 0.353. The number of benzene rings is 1. The first-order chi connectivity index (χ1) is 8.38. The minimum Gasteiger partial charge on any atom is -0.493 e. The monoisotopic (exact) mass is 226 g/mol. The highest BCUT2D eigenvalue weighted by Gasteiger charge is 2.17. The van der Waals surface area contributed by atoms with Crippen LogP contribution in [-0.2, 0) is 13.0 Å². The number of aromatic nitrogens is 1. The summed E-state index contributed by atoms with van der Waals surface area (Å²) in [4.78, 5) is 4.15. The van der Waals surface area contributed by atoms with Crippen LogP contribution < -0.4 is 10.5 Å². The fourth-order valence-electron chi connectivity index (χ4n) is 2.24. The van der Waals surface area contributed by atoms with Gasteiger partial charge in [0, 0.05) is 36.5 Å². The van der Waals surface area contributed by atoms with E-state index in [1.54, 1.807) is 6.20 Å². The predicted molar refractivity (Wildman–Crippen MR) is 66.8 cm³/mol. The Morgan fingerprint density at radius 2 is 2.24 bits per heavy atom. The van der Waals surface area contributed by atoms with Crippen LogP contribution in [0.3, 0.4) is 0 Å². The molecule has 3 heteroatoms. The van der Waals surface area contributed by atoms with Crippen molar-refractivity contribution in [3.63, 3.8) is 0 Å². The molecule has 0 unspecified atom stereocenters. The molecule has 0 saturated heterocycles. The molecular weight excluding hydrogens is 212 g/mol. The highest BCUT2D eigenvalue weighted by atomic mass is 16.5. The third kappa shape index (κ3) is 1.78. The molecule has 3 rings (SSSR count). The van der Waals surface area contributed by atoms with Crippen molar-refractivity contribution in [2.45, 2.75) is 13.0 Å². The van der Waals surface area contributed by atoms with Crippen molar-refractivity contribution in [2.75, 3.05) is 6.61 Å². The Kier molecular flexibility index (Phi) is 2.53. The van der Waals surface area contributed by atoms with Gasteiger partial charge in [-0.2, -0.15) is 0 Å². The van der Waals surface area contributed by atoms with Crippen molar-refractivity contribution in [3.05, 3.63) is 47.8 Å². The summed E-state index contributed by atoms with van der Waals surface area (Å²) in [5.74, 6) is 0.986. The topological polar surface area (TPSA) is 48.1 Å². The average Bonchev–Trinajstić information content (AvgIpc) is 2.86. The summed E-state index contributed by atoms with van der Waals surface area (Å²) in [6.07, 6.45) is 4.62. The molecule has 2 aromatic rings. The number of hydrogen-bond acceptors (Lipinski definition) is 3. The zero-order valence-electron chi connectivity index (χ0n) is 9.52. The molecule has 0 spiro atoms. The van der Waals surface area contributed by atoms with Crippen molar-refractivity contribution < 1.29 is 4.74 Å². The second-order valence-electron chi connectivity index (χ2n) is 4.17. The molecule has 0 radical (unpaired) electrons. The molecule has 1 aliphatic rings. The van der Waals surface area contributed by atoms with Gasteiger partial charge >= 0.3 is 0 Å². The maximum atomic E-state index is 5.77. The molecule has 0 atom stereocenters. The smallest absolute Gasteiger partial charge is 0.127 e. The summed E-state index contributed by atoms with van der Waals surface area (Å²) in [6, 6.07) is 8.28. The van der Waals surface area contributed by atoms with Gasteiger partial charge in [-0.15, -0.1) is 0 Å². The Labute approximate surface area is 100 Å². The Morgan fingerprint density at radius 3 is 3.00 bits per heavy atom. The van der Waals surface area contributed by atoms with E-state index in [0.717, 1.165) is 29.9 Å². The highest BCUT2D eigenvalue weighted by Crippen LogP contribution is 2.34. The molecule has 0 fully saturated rings. The number of fused-ring (bicyclic) bond motifs is 1. The molecule has 3 nitrogen and oxygen atoms in total. The number of nitrogens with two attached hydrogens (primary N) is 1. The lowest BCUT2D eigenvalue weighted by atomic mass is 9.99. The van der Waals surface area contributed by atoms with Gasteiger partial charge < -0.3 is 10.5 Å². The number of pyridine rings is 1. The van der Waals surface area contributed by atoms with Crippen molar-refractivity contribution in [1.29, 1.82) is 0 Å². The second kappa shape index (κ2) is 4.18. The number of nitrogens with zero attached hydrogens (tertiary/aromatic N) is 1. The highest BCUT2D eigenvalue weighted by molar-refractivity contribution is 5.67. The van der Waals surface area contributed by atoms with Crippen LogP contribution in [0.5, 0.6) is 5.75 Å². The van der Waals surface area contributed by atoms with Crippen molar-refractivity contribution in [1.82, 2.24) is 4.98 Å². The Hall–Kier alpha value is -1.87. The molecule has 17 heavy (non-hydrogen) atoms. The first-order valence-corrected chi connectivity index (χ1v) is 5.77. The summed E-state index contributed by atoms with van der Waals surface area (Å²) in [5.41, 5.74) is 10.4. The van der Waals surface area contributed by atoms with E-state index in [1.807, 2.05) is 12.3 Å². The summed E-state index contributed by atoms with van der Waals surface area (Å²) < 4.78 is 5.62. The number of hydrogen-bond donors (Lipinski definition) is 1. The lowest BCUT2D eigenvalue weighted by Crippen LogP contribution is -2.00. The van der Waals surface area contributed by atoms with Gasteiger partial charge in [0.05, 0.1) is 6.61 Å². The van der Waals surface area contributed by atoms with Gasteiger partial charge in [0.2, 0.25) is 0 Å². The van der Waals surface area contributed by atoms with Gasteiger partial charge in [0.1, 0.15) is 5.75 Å². The summed E-state index contributed by atoms with van der Waals surface area (Å²) in [7, 11) is 0. The summed E-state index contributed by atoms with van der Waals surface area (Å²) in [6.45, 7) is 1.27. The van der Waals surface area contributed by atoms with E-state index in [2.05, 4.69) is 23.2 Å². The molecule has 86 valence electrons. The zero-order chi connectivity index (χ0) is 11.7. The van der Waals surface area contributed by atoms with E-state index < -0.39 is 0 Å². The molecule has 2 N–H and O–H groups in total.